The molecule has 21 heavy (non-hydrogen) atoms. The predicted octanol–water partition coefficient (Wildman–Crippen LogP) is 1.99. The molecular formula is C15H13N3O3. The van der Waals surface area contributed by atoms with E-state index < -0.39 is 5.91 Å². The standard InChI is InChI=1S/C15H13N3O3/c19-14-9-5-4-8-12(14)15(20)18-17-13(10-16-21)11-6-2-1-3-7-11/h1-10,19,21H,(H,18,20)/b16-10-,17-13-. The average molecular weight is 283 g/mol. The Balaban J connectivity index is 2.21. The van der Waals surface area contributed by atoms with Crippen molar-refractivity contribution in [3.05, 3.63) is 65.7 Å². The fourth-order valence-corrected chi connectivity index (χ4v) is 1.67. The van der Waals surface area contributed by atoms with Crippen LogP contribution in [0.15, 0.2) is 64.9 Å². The Morgan fingerprint density at radius 2 is 1.71 bits per heavy atom. The average Bonchev–Trinajstić information content (AvgIpc) is 2.52. The van der Waals surface area contributed by atoms with Gasteiger partial charge in [-0.2, -0.15) is 5.10 Å². The number of amides is 1. The lowest BCUT2D eigenvalue weighted by molar-refractivity contribution is 0.0952. The van der Waals surface area contributed by atoms with Crippen LogP contribution in [0.4, 0.5) is 0 Å². The number of carbonyl (C=O) groups excluding carboxylic acids is 1. The van der Waals surface area contributed by atoms with Crippen LogP contribution in [0, 0.1) is 0 Å². The maximum atomic E-state index is 11.9. The number of rotatable bonds is 4. The summed E-state index contributed by atoms with van der Waals surface area (Å²) >= 11 is 0. The van der Waals surface area contributed by atoms with Gasteiger partial charge >= 0.3 is 0 Å². The molecule has 0 saturated heterocycles. The molecule has 0 spiro atoms. The van der Waals surface area contributed by atoms with Gasteiger partial charge in [0.25, 0.3) is 5.91 Å². The summed E-state index contributed by atoms with van der Waals surface area (Å²) in [6.07, 6.45) is 1.11. The minimum atomic E-state index is -0.562. The molecule has 0 atom stereocenters. The highest BCUT2D eigenvalue weighted by Gasteiger charge is 2.09. The van der Waals surface area contributed by atoms with Gasteiger partial charge in [0.2, 0.25) is 0 Å². The predicted molar refractivity (Wildman–Crippen MR) is 78.8 cm³/mol. The molecule has 0 saturated carbocycles. The smallest absolute Gasteiger partial charge is 0.275 e. The molecule has 0 aliphatic carbocycles. The lowest BCUT2D eigenvalue weighted by Gasteiger charge is -2.04. The fraction of sp³-hybridized carbons (Fsp3) is 0. The normalized spacial score (nSPS) is 11.5. The number of phenols is 1. The van der Waals surface area contributed by atoms with E-state index in [1.165, 1.54) is 12.1 Å². The van der Waals surface area contributed by atoms with E-state index in [0.29, 0.717) is 5.56 Å². The number of phenolic OH excluding ortho intramolecular Hbond substituents is 1. The van der Waals surface area contributed by atoms with Crippen molar-refractivity contribution in [2.75, 3.05) is 0 Å². The van der Waals surface area contributed by atoms with Crippen molar-refractivity contribution in [3.63, 3.8) is 0 Å². The van der Waals surface area contributed by atoms with Crippen LogP contribution >= 0.6 is 0 Å². The van der Waals surface area contributed by atoms with Gasteiger partial charge in [-0.25, -0.2) is 5.43 Å². The quantitative estimate of drug-likeness (QED) is 0.455. The van der Waals surface area contributed by atoms with Crippen LogP contribution in [-0.2, 0) is 0 Å². The second kappa shape index (κ2) is 6.85. The molecule has 0 aliphatic rings. The van der Waals surface area contributed by atoms with Gasteiger partial charge in [0.15, 0.2) is 0 Å². The Morgan fingerprint density at radius 1 is 1.05 bits per heavy atom. The Morgan fingerprint density at radius 3 is 2.38 bits per heavy atom. The molecule has 0 fully saturated rings. The number of nitrogens with zero attached hydrogens (tertiary/aromatic N) is 2. The van der Waals surface area contributed by atoms with Crippen LogP contribution in [0.3, 0.4) is 0 Å². The number of benzene rings is 2. The highest BCUT2D eigenvalue weighted by Crippen LogP contribution is 2.14. The van der Waals surface area contributed by atoms with Crippen molar-refractivity contribution in [3.8, 4) is 5.75 Å². The lowest BCUT2D eigenvalue weighted by Crippen LogP contribution is -2.20. The molecule has 0 aliphatic heterocycles. The van der Waals surface area contributed by atoms with Crippen molar-refractivity contribution >= 4 is 17.8 Å². The van der Waals surface area contributed by atoms with Gasteiger partial charge < -0.3 is 10.3 Å². The molecule has 2 rings (SSSR count). The third-order valence-corrected chi connectivity index (χ3v) is 2.68. The van der Waals surface area contributed by atoms with E-state index in [4.69, 9.17) is 5.21 Å². The summed E-state index contributed by atoms with van der Waals surface area (Å²) < 4.78 is 0. The Bertz CT molecular complexity index is 682. The Kier molecular flexibility index (Phi) is 4.66. The molecule has 2 aromatic rings. The molecule has 6 heteroatoms. The molecular weight excluding hydrogens is 270 g/mol. The number of para-hydroxylation sites is 1. The zero-order chi connectivity index (χ0) is 15.1. The second-order valence-corrected chi connectivity index (χ2v) is 4.07. The minimum Gasteiger partial charge on any atom is -0.507 e. The summed E-state index contributed by atoms with van der Waals surface area (Å²) in [5, 5.41) is 25.1. The largest absolute Gasteiger partial charge is 0.507 e. The first-order chi connectivity index (χ1) is 10.2. The molecule has 2 aromatic carbocycles. The first-order valence-electron chi connectivity index (χ1n) is 6.11. The lowest BCUT2D eigenvalue weighted by atomic mass is 10.1. The van der Waals surface area contributed by atoms with Crippen molar-refractivity contribution in [1.82, 2.24) is 5.43 Å². The van der Waals surface area contributed by atoms with Crippen LogP contribution in [-0.4, -0.2) is 28.1 Å². The third kappa shape index (κ3) is 3.66. The highest BCUT2D eigenvalue weighted by atomic mass is 16.4. The summed E-state index contributed by atoms with van der Waals surface area (Å²) in [7, 11) is 0. The third-order valence-electron chi connectivity index (χ3n) is 2.68. The van der Waals surface area contributed by atoms with Gasteiger partial charge in [-0.15, -0.1) is 0 Å². The molecule has 0 unspecified atom stereocenters. The van der Waals surface area contributed by atoms with E-state index in [1.807, 2.05) is 6.07 Å². The number of aromatic hydroxyl groups is 1. The molecule has 0 radical (unpaired) electrons. The van der Waals surface area contributed by atoms with E-state index in [9.17, 15) is 9.90 Å². The van der Waals surface area contributed by atoms with Gasteiger partial charge in [0, 0.05) is 5.56 Å². The van der Waals surface area contributed by atoms with Gasteiger partial charge in [-0.3, -0.25) is 4.79 Å². The first kappa shape index (κ1) is 14.3. The summed E-state index contributed by atoms with van der Waals surface area (Å²) in [6, 6.07) is 15.1. The van der Waals surface area contributed by atoms with Gasteiger partial charge in [-0.05, 0) is 12.1 Å². The summed E-state index contributed by atoms with van der Waals surface area (Å²) in [5.74, 6) is -0.699. The Labute approximate surface area is 121 Å². The maximum Gasteiger partial charge on any atom is 0.275 e. The number of nitrogens with one attached hydrogen (secondary N) is 1. The van der Waals surface area contributed by atoms with Crippen molar-refractivity contribution in [1.29, 1.82) is 0 Å². The minimum absolute atomic E-state index is 0.106. The molecule has 1 amide bonds. The highest BCUT2D eigenvalue weighted by molar-refractivity contribution is 6.38. The molecule has 0 heterocycles. The summed E-state index contributed by atoms with van der Waals surface area (Å²) in [5.41, 5.74) is 3.37. The molecule has 3 N–H and O–H groups in total. The molecule has 106 valence electrons. The van der Waals surface area contributed by atoms with E-state index >= 15 is 0 Å². The van der Waals surface area contributed by atoms with Crippen LogP contribution in [0.5, 0.6) is 5.75 Å². The van der Waals surface area contributed by atoms with Crippen LogP contribution in [0.25, 0.3) is 0 Å². The molecule has 0 bridgehead atoms. The second-order valence-electron chi connectivity index (χ2n) is 4.07. The number of hydrazone groups is 1. The number of hydrogen-bond donors (Lipinski definition) is 3. The van der Waals surface area contributed by atoms with Crippen LogP contribution < -0.4 is 5.43 Å². The van der Waals surface area contributed by atoms with E-state index in [0.717, 1.165) is 6.21 Å². The topological polar surface area (TPSA) is 94.3 Å². The Hall–Kier alpha value is -3.15. The van der Waals surface area contributed by atoms with Gasteiger partial charge in [0.1, 0.15) is 11.5 Å². The number of carbonyl (C=O) groups is 1. The summed E-state index contributed by atoms with van der Waals surface area (Å²) in [6.45, 7) is 0. The number of hydrogen-bond acceptors (Lipinski definition) is 5. The van der Waals surface area contributed by atoms with E-state index in [-0.39, 0.29) is 17.0 Å². The monoisotopic (exact) mass is 283 g/mol. The van der Waals surface area contributed by atoms with E-state index in [1.54, 1.807) is 36.4 Å². The fourth-order valence-electron chi connectivity index (χ4n) is 1.67. The van der Waals surface area contributed by atoms with Crippen molar-refractivity contribution in [2.45, 2.75) is 0 Å². The van der Waals surface area contributed by atoms with Gasteiger partial charge in [0.05, 0.1) is 11.8 Å². The van der Waals surface area contributed by atoms with E-state index in [2.05, 4.69) is 15.7 Å². The molecule has 6 nitrogen and oxygen atoms in total. The maximum absolute atomic E-state index is 11.9. The van der Waals surface area contributed by atoms with Crippen molar-refractivity contribution in [2.24, 2.45) is 10.3 Å². The first-order valence-corrected chi connectivity index (χ1v) is 6.11. The number of oxime groups is 1. The SMILES string of the molecule is O=C(N/N=C(/C=N\O)c1ccccc1)c1ccccc1O. The van der Waals surface area contributed by atoms with Crippen molar-refractivity contribution < 1.29 is 15.1 Å². The van der Waals surface area contributed by atoms with Crippen LogP contribution in [0.1, 0.15) is 15.9 Å². The van der Waals surface area contributed by atoms with Gasteiger partial charge in [-0.1, -0.05) is 47.6 Å². The zero-order valence-corrected chi connectivity index (χ0v) is 11.0. The zero-order valence-electron chi connectivity index (χ0n) is 11.0. The summed E-state index contributed by atoms with van der Waals surface area (Å²) in [4.78, 5) is 11.9. The van der Waals surface area contributed by atoms with Crippen LogP contribution in [0.2, 0.25) is 0 Å². The molecule has 0 aromatic heterocycles.